The number of aliphatic hydroxyl groups is 1. The summed E-state index contributed by atoms with van der Waals surface area (Å²) in [6, 6.07) is 11.3. The SMILES string of the molecule is C[C@H]1CN([C@@H](C)CO)C(=O)c2cc(/C=C/c3ccccc3)cnc2O[C@@H]1CN(C)C(=O)C1CC1. The van der Waals surface area contributed by atoms with E-state index in [1.807, 2.05) is 56.3 Å². The molecule has 3 atom stereocenters. The van der Waals surface area contributed by atoms with Crippen LogP contribution >= 0.6 is 0 Å². The van der Waals surface area contributed by atoms with Crippen molar-refractivity contribution >= 4 is 24.0 Å². The van der Waals surface area contributed by atoms with E-state index in [2.05, 4.69) is 4.98 Å². The van der Waals surface area contributed by atoms with E-state index >= 15 is 0 Å². The number of hydrogen-bond acceptors (Lipinski definition) is 5. The minimum absolute atomic E-state index is 0.0555. The quantitative estimate of drug-likeness (QED) is 0.681. The van der Waals surface area contributed by atoms with Gasteiger partial charge in [0.05, 0.1) is 19.2 Å². The van der Waals surface area contributed by atoms with E-state index in [4.69, 9.17) is 4.74 Å². The number of aromatic nitrogens is 1. The average molecular weight is 464 g/mol. The van der Waals surface area contributed by atoms with Crippen molar-refractivity contribution in [3.63, 3.8) is 0 Å². The van der Waals surface area contributed by atoms with Gasteiger partial charge in [0, 0.05) is 31.6 Å². The molecule has 34 heavy (non-hydrogen) atoms. The Morgan fingerprint density at radius 2 is 1.97 bits per heavy atom. The van der Waals surface area contributed by atoms with Gasteiger partial charge in [-0.05, 0) is 37.0 Å². The molecular formula is C27H33N3O4. The highest BCUT2D eigenvalue weighted by Crippen LogP contribution is 2.32. The Morgan fingerprint density at radius 1 is 1.26 bits per heavy atom. The standard InChI is InChI=1S/C27H33N3O4/c1-18-15-30(19(2)17-31)27(33)23-13-21(10-9-20-7-5-4-6-8-20)14-28-25(23)34-24(18)16-29(3)26(32)22-11-12-22/h4-10,13-14,18-19,22,24,31H,11-12,15-17H2,1-3H3/b10-9+/t18-,19-,24+/m0/s1. The van der Waals surface area contributed by atoms with Crippen LogP contribution in [0.25, 0.3) is 12.2 Å². The van der Waals surface area contributed by atoms with Crippen molar-refractivity contribution in [2.24, 2.45) is 11.8 Å². The first-order valence-corrected chi connectivity index (χ1v) is 11.9. The van der Waals surface area contributed by atoms with Crippen molar-refractivity contribution in [1.29, 1.82) is 0 Å². The number of amides is 2. The summed E-state index contributed by atoms with van der Waals surface area (Å²) in [7, 11) is 1.81. The highest BCUT2D eigenvalue weighted by Gasteiger charge is 2.37. The molecule has 7 nitrogen and oxygen atoms in total. The van der Waals surface area contributed by atoms with Gasteiger partial charge in [0.25, 0.3) is 5.91 Å². The van der Waals surface area contributed by atoms with Crippen molar-refractivity contribution in [3.8, 4) is 5.88 Å². The number of likely N-dealkylation sites (N-methyl/N-ethyl adjacent to an activating group) is 1. The van der Waals surface area contributed by atoms with Crippen molar-refractivity contribution in [3.05, 3.63) is 59.3 Å². The molecule has 1 aliphatic carbocycles. The monoisotopic (exact) mass is 463 g/mol. The second-order valence-corrected chi connectivity index (χ2v) is 9.48. The molecule has 0 spiro atoms. The van der Waals surface area contributed by atoms with Crippen LogP contribution in [-0.2, 0) is 4.79 Å². The first kappa shape index (κ1) is 24.0. The van der Waals surface area contributed by atoms with Crippen LogP contribution < -0.4 is 4.74 Å². The van der Waals surface area contributed by atoms with Gasteiger partial charge >= 0.3 is 0 Å². The van der Waals surface area contributed by atoms with Crippen LogP contribution in [0.15, 0.2) is 42.6 Å². The van der Waals surface area contributed by atoms with Gasteiger partial charge in [-0.3, -0.25) is 9.59 Å². The molecule has 1 fully saturated rings. The number of benzene rings is 1. The van der Waals surface area contributed by atoms with Gasteiger partial charge in [-0.2, -0.15) is 0 Å². The topological polar surface area (TPSA) is 83.0 Å². The van der Waals surface area contributed by atoms with Crippen LogP contribution in [0.1, 0.15) is 48.2 Å². The third kappa shape index (κ3) is 5.47. The maximum Gasteiger partial charge on any atom is 0.259 e. The van der Waals surface area contributed by atoms with Gasteiger partial charge in [-0.15, -0.1) is 0 Å². The predicted molar refractivity (Wildman–Crippen MR) is 131 cm³/mol. The Balaban J connectivity index is 1.64. The minimum Gasteiger partial charge on any atom is -0.472 e. The van der Waals surface area contributed by atoms with E-state index in [1.165, 1.54) is 0 Å². The number of carbonyl (C=O) groups excluding carboxylic acids is 2. The molecule has 1 aliphatic heterocycles. The van der Waals surface area contributed by atoms with Crippen LogP contribution in [0.5, 0.6) is 5.88 Å². The first-order chi connectivity index (χ1) is 16.4. The van der Waals surface area contributed by atoms with E-state index < -0.39 is 0 Å². The average Bonchev–Trinajstić information content (AvgIpc) is 3.70. The van der Waals surface area contributed by atoms with Gasteiger partial charge in [0.1, 0.15) is 11.7 Å². The first-order valence-electron chi connectivity index (χ1n) is 11.9. The number of aliphatic hydroxyl groups excluding tert-OH is 1. The summed E-state index contributed by atoms with van der Waals surface area (Å²) in [6.07, 6.45) is 7.14. The lowest BCUT2D eigenvalue weighted by atomic mass is 9.99. The van der Waals surface area contributed by atoms with E-state index in [-0.39, 0.29) is 48.3 Å². The summed E-state index contributed by atoms with van der Waals surface area (Å²) in [5.41, 5.74) is 2.19. The molecule has 180 valence electrons. The zero-order chi connectivity index (χ0) is 24.2. The lowest BCUT2D eigenvalue weighted by molar-refractivity contribution is -0.132. The van der Waals surface area contributed by atoms with Crippen LogP contribution in [0, 0.1) is 11.8 Å². The van der Waals surface area contributed by atoms with Crippen molar-refractivity contribution in [1.82, 2.24) is 14.8 Å². The van der Waals surface area contributed by atoms with Gasteiger partial charge in [-0.25, -0.2) is 4.98 Å². The predicted octanol–water partition coefficient (Wildman–Crippen LogP) is 3.34. The summed E-state index contributed by atoms with van der Waals surface area (Å²) in [5.74, 6) is 0.266. The van der Waals surface area contributed by atoms with Crippen LogP contribution in [0.3, 0.4) is 0 Å². The van der Waals surface area contributed by atoms with Crippen LogP contribution in [-0.4, -0.2) is 70.6 Å². The molecule has 2 amide bonds. The van der Waals surface area contributed by atoms with E-state index in [9.17, 15) is 14.7 Å². The minimum atomic E-state index is -0.351. The zero-order valence-electron chi connectivity index (χ0n) is 20.1. The number of pyridine rings is 1. The van der Waals surface area contributed by atoms with Crippen LogP contribution in [0.4, 0.5) is 0 Å². The molecular weight excluding hydrogens is 430 g/mol. The number of hydrogen-bond donors (Lipinski definition) is 1. The third-order valence-electron chi connectivity index (χ3n) is 6.57. The largest absolute Gasteiger partial charge is 0.472 e. The molecule has 0 radical (unpaired) electrons. The summed E-state index contributed by atoms with van der Waals surface area (Å²) in [4.78, 5) is 34.0. The molecule has 4 rings (SSSR count). The van der Waals surface area contributed by atoms with Gasteiger partial charge in [-0.1, -0.05) is 49.4 Å². The fourth-order valence-corrected chi connectivity index (χ4v) is 4.19. The van der Waals surface area contributed by atoms with Crippen molar-refractivity contribution in [2.75, 3.05) is 26.7 Å². The molecule has 1 saturated carbocycles. The molecule has 1 N–H and O–H groups in total. The molecule has 2 heterocycles. The smallest absolute Gasteiger partial charge is 0.259 e. The molecule has 1 aromatic carbocycles. The normalized spacial score (nSPS) is 21.4. The Morgan fingerprint density at radius 3 is 2.65 bits per heavy atom. The second-order valence-electron chi connectivity index (χ2n) is 9.48. The highest BCUT2D eigenvalue weighted by molar-refractivity contribution is 5.97. The summed E-state index contributed by atoms with van der Waals surface area (Å²) in [6.45, 7) is 4.53. The number of fused-ring (bicyclic) bond motifs is 1. The zero-order valence-corrected chi connectivity index (χ0v) is 20.1. The maximum absolute atomic E-state index is 13.5. The Bertz CT molecular complexity index is 1050. The number of carbonyl (C=O) groups is 2. The summed E-state index contributed by atoms with van der Waals surface area (Å²) in [5, 5.41) is 9.81. The van der Waals surface area contributed by atoms with Gasteiger partial charge < -0.3 is 19.6 Å². The highest BCUT2D eigenvalue weighted by atomic mass is 16.5. The van der Waals surface area contributed by atoms with Gasteiger partial charge in [0.15, 0.2) is 0 Å². The fraction of sp³-hybridized carbons (Fsp3) is 0.444. The lowest BCUT2D eigenvalue weighted by Crippen LogP contribution is -2.50. The second kappa shape index (κ2) is 10.4. The summed E-state index contributed by atoms with van der Waals surface area (Å²) < 4.78 is 6.28. The molecule has 2 aromatic rings. The molecule has 2 aliphatic rings. The Hall–Kier alpha value is -3.19. The van der Waals surface area contributed by atoms with Crippen molar-refractivity contribution < 1.29 is 19.4 Å². The molecule has 0 unspecified atom stereocenters. The number of rotatable bonds is 7. The van der Waals surface area contributed by atoms with Crippen LogP contribution in [0.2, 0.25) is 0 Å². The summed E-state index contributed by atoms with van der Waals surface area (Å²) >= 11 is 0. The number of nitrogens with zero attached hydrogens (tertiary/aromatic N) is 3. The molecule has 0 saturated heterocycles. The fourth-order valence-electron chi connectivity index (χ4n) is 4.19. The molecule has 1 aromatic heterocycles. The van der Waals surface area contributed by atoms with E-state index in [0.717, 1.165) is 24.0 Å². The van der Waals surface area contributed by atoms with E-state index in [0.29, 0.717) is 18.7 Å². The molecule has 7 heteroatoms. The Kier molecular flexibility index (Phi) is 7.32. The van der Waals surface area contributed by atoms with Gasteiger partial charge in [0.2, 0.25) is 11.8 Å². The maximum atomic E-state index is 13.5. The molecule has 0 bridgehead atoms. The number of ether oxygens (including phenoxy) is 1. The lowest BCUT2D eigenvalue weighted by Gasteiger charge is -2.37. The third-order valence-corrected chi connectivity index (χ3v) is 6.57. The van der Waals surface area contributed by atoms with Crippen molar-refractivity contribution in [2.45, 2.75) is 38.8 Å². The Labute approximate surface area is 201 Å². The van der Waals surface area contributed by atoms with E-state index in [1.54, 1.807) is 29.1 Å².